The van der Waals surface area contributed by atoms with Crippen LogP contribution in [0.2, 0.25) is 0 Å². The van der Waals surface area contributed by atoms with Crippen LogP contribution in [0.15, 0.2) is 18.2 Å². The number of fused-ring (bicyclic) bond motifs is 1. The highest BCUT2D eigenvalue weighted by atomic mass is 16.5. The monoisotopic (exact) mass is 173 g/mol. The summed E-state index contributed by atoms with van der Waals surface area (Å²) in [5.41, 5.74) is 7.81. The number of hydrogen-bond acceptors (Lipinski definition) is 2. The third-order valence-corrected chi connectivity index (χ3v) is 2.26. The van der Waals surface area contributed by atoms with Crippen LogP contribution in [-0.2, 0) is 0 Å². The molecule has 0 saturated heterocycles. The Balaban J connectivity index is 2.48. The average molecular weight is 173 g/mol. The summed E-state index contributed by atoms with van der Waals surface area (Å²) >= 11 is 0. The number of rotatable bonds is 0. The van der Waals surface area contributed by atoms with Crippen molar-refractivity contribution in [1.82, 2.24) is 0 Å². The Hall–Kier alpha value is -1.46. The molecule has 1 aromatic rings. The minimum absolute atomic E-state index is 0.0667. The van der Waals surface area contributed by atoms with Crippen LogP contribution in [0.3, 0.4) is 0 Å². The molecule has 1 aromatic carbocycles. The van der Waals surface area contributed by atoms with Gasteiger partial charge in [-0.05, 0) is 18.2 Å². The van der Waals surface area contributed by atoms with Gasteiger partial charge in [0.05, 0.1) is 6.61 Å². The Kier molecular flexibility index (Phi) is 1.96. The van der Waals surface area contributed by atoms with Crippen LogP contribution in [0.25, 0.3) is 0 Å². The minimum atomic E-state index is 0.0667. The molecule has 0 fully saturated rings. The maximum Gasteiger partial charge on any atom is 0.124 e. The first-order valence-corrected chi connectivity index (χ1v) is 4.30. The number of benzene rings is 1. The van der Waals surface area contributed by atoms with Crippen molar-refractivity contribution in [1.29, 1.82) is 0 Å². The molecule has 0 spiro atoms. The normalized spacial score (nSPS) is 19.8. The molecule has 1 unspecified atom stereocenters. The summed E-state index contributed by atoms with van der Waals surface area (Å²) in [6.45, 7) is 0.698. The van der Waals surface area contributed by atoms with Gasteiger partial charge in [-0.3, -0.25) is 0 Å². The molecule has 2 N–H and O–H groups in total. The third-order valence-electron chi connectivity index (χ3n) is 2.26. The van der Waals surface area contributed by atoms with Crippen molar-refractivity contribution >= 4 is 0 Å². The lowest BCUT2D eigenvalue weighted by molar-refractivity contribution is 0.269. The summed E-state index contributed by atoms with van der Waals surface area (Å²) in [5.74, 6) is 3.46. The zero-order chi connectivity index (χ0) is 9.26. The lowest BCUT2D eigenvalue weighted by Gasteiger charge is -2.22. The topological polar surface area (TPSA) is 35.2 Å². The standard InChI is InChI=1S/C11H11NO/c1-2-8-3-4-11-9(7-8)10(12)5-6-13-11/h1,3-4,7,10H,5-6,12H2. The summed E-state index contributed by atoms with van der Waals surface area (Å²) in [6.07, 6.45) is 6.16. The van der Waals surface area contributed by atoms with E-state index in [-0.39, 0.29) is 6.04 Å². The van der Waals surface area contributed by atoms with Crippen LogP contribution in [-0.4, -0.2) is 6.61 Å². The van der Waals surface area contributed by atoms with Crippen LogP contribution >= 0.6 is 0 Å². The van der Waals surface area contributed by atoms with Crippen LogP contribution in [0.5, 0.6) is 5.75 Å². The Morgan fingerprint density at radius 3 is 3.15 bits per heavy atom. The van der Waals surface area contributed by atoms with Gasteiger partial charge in [-0.2, -0.15) is 0 Å². The van der Waals surface area contributed by atoms with E-state index in [0.29, 0.717) is 6.61 Å². The lowest BCUT2D eigenvalue weighted by atomic mass is 9.99. The molecule has 0 bridgehead atoms. The van der Waals surface area contributed by atoms with Gasteiger partial charge in [0.1, 0.15) is 5.75 Å². The quantitative estimate of drug-likeness (QED) is 0.603. The first kappa shape index (κ1) is 8.15. The summed E-state index contributed by atoms with van der Waals surface area (Å²) in [5, 5.41) is 0. The SMILES string of the molecule is C#Cc1ccc2c(c1)C(N)CCO2. The summed E-state index contributed by atoms with van der Waals surface area (Å²) in [6, 6.07) is 5.76. The molecule has 1 aliphatic heterocycles. The molecular formula is C11H11NO. The third kappa shape index (κ3) is 1.39. The van der Waals surface area contributed by atoms with Crippen LogP contribution in [0.1, 0.15) is 23.6 Å². The second-order valence-corrected chi connectivity index (χ2v) is 3.14. The van der Waals surface area contributed by atoms with Gasteiger partial charge in [-0.1, -0.05) is 5.92 Å². The molecule has 66 valence electrons. The van der Waals surface area contributed by atoms with Crippen molar-refractivity contribution in [2.45, 2.75) is 12.5 Å². The molecule has 1 aliphatic rings. The number of nitrogens with two attached hydrogens (primary N) is 1. The summed E-state index contributed by atoms with van der Waals surface area (Å²) < 4.78 is 5.44. The highest BCUT2D eigenvalue weighted by molar-refractivity contribution is 5.45. The molecule has 2 nitrogen and oxygen atoms in total. The summed E-state index contributed by atoms with van der Waals surface area (Å²) in [7, 11) is 0. The van der Waals surface area contributed by atoms with E-state index in [1.165, 1.54) is 0 Å². The zero-order valence-electron chi connectivity index (χ0n) is 7.29. The van der Waals surface area contributed by atoms with E-state index in [9.17, 15) is 0 Å². The fraction of sp³-hybridized carbons (Fsp3) is 0.273. The van der Waals surface area contributed by atoms with Gasteiger partial charge in [-0.25, -0.2) is 0 Å². The number of terminal acetylenes is 1. The smallest absolute Gasteiger partial charge is 0.124 e. The van der Waals surface area contributed by atoms with Crippen molar-refractivity contribution in [3.05, 3.63) is 29.3 Å². The van der Waals surface area contributed by atoms with Gasteiger partial charge in [0.15, 0.2) is 0 Å². The molecule has 2 rings (SSSR count). The van der Waals surface area contributed by atoms with Crippen LogP contribution in [0, 0.1) is 12.3 Å². The fourth-order valence-corrected chi connectivity index (χ4v) is 1.51. The second-order valence-electron chi connectivity index (χ2n) is 3.14. The number of hydrogen-bond donors (Lipinski definition) is 1. The number of ether oxygens (including phenoxy) is 1. The summed E-state index contributed by atoms with van der Waals surface area (Å²) in [4.78, 5) is 0. The molecule has 0 radical (unpaired) electrons. The Morgan fingerprint density at radius 1 is 1.54 bits per heavy atom. The van der Waals surface area contributed by atoms with Gasteiger partial charge in [0.25, 0.3) is 0 Å². The van der Waals surface area contributed by atoms with Gasteiger partial charge in [0.2, 0.25) is 0 Å². The minimum Gasteiger partial charge on any atom is -0.493 e. The van der Waals surface area contributed by atoms with E-state index in [0.717, 1.165) is 23.3 Å². The van der Waals surface area contributed by atoms with Crippen molar-refractivity contribution in [2.75, 3.05) is 6.61 Å². The molecule has 0 aromatic heterocycles. The van der Waals surface area contributed by atoms with E-state index in [2.05, 4.69) is 5.92 Å². The van der Waals surface area contributed by atoms with Gasteiger partial charge >= 0.3 is 0 Å². The van der Waals surface area contributed by atoms with Crippen molar-refractivity contribution in [3.63, 3.8) is 0 Å². The fourth-order valence-electron chi connectivity index (χ4n) is 1.51. The molecular weight excluding hydrogens is 162 g/mol. The molecule has 13 heavy (non-hydrogen) atoms. The molecule has 1 heterocycles. The average Bonchev–Trinajstić information content (AvgIpc) is 2.18. The first-order chi connectivity index (χ1) is 6.31. The van der Waals surface area contributed by atoms with E-state index < -0.39 is 0 Å². The van der Waals surface area contributed by atoms with Crippen molar-refractivity contribution in [3.8, 4) is 18.1 Å². The van der Waals surface area contributed by atoms with Crippen LogP contribution in [0.4, 0.5) is 0 Å². The largest absolute Gasteiger partial charge is 0.493 e. The van der Waals surface area contributed by atoms with Crippen molar-refractivity contribution < 1.29 is 4.74 Å². The van der Waals surface area contributed by atoms with E-state index in [1.54, 1.807) is 0 Å². The van der Waals surface area contributed by atoms with Crippen molar-refractivity contribution in [2.24, 2.45) is 5.73 Å². The molecule has 0 saturated carbocycles. The van der Waals surface area contributed by atoms with E-state index >= 15 is 0 Å². The maximum atomic E-state index is 5.92. The predicted molar refractivity (Wildman–Crippen MR) is 51.4 cm³/mol. The lowest BCUT2D eigenvalue weighted by Crippen LogP contribution is -2.20. The molecule has 0 aliphatic carbocycles. The second kappa shape index (κ2) is 3.12. The van der Waals surface area contributed by atoms with Gasteiger partial charge in [-0.15, -0.1) is 6.42 Å². The maximum absolute atomic E-state index is 5.92. The first-order valence-electron chi connectivity index (χ1n) is 4.30. The highest BCUT2D eigenvalue weighted by Gasteiger charge is 2.17. The van der Waals surface area contributed by atoms with Crippen LogP contribution < -0.4 is 10.5 Å². The van der Waals surface area contributed by atoms with E-state index in [4.69, 9.17) is 16.9 Å². The van der Waals surface area contributed by atoms with E-state index in [1.807, 2.05) is 18.2 Å². The Bertz CT molecular complexity index is 365. The Labute approximate surface area is 77.7 Å². The van der Waals surface area contributed by atoms with Gasteiger partial charge < -0.3 is 10.5 Å². The van der Waals surface area contributed by atoms with Gasteiger partial charge in [0, 0.05) is 23.6 Å². The molecule has 2 heteroatoms. The Morgan fingerprint density at radius 2 is 2.38 bits per heavy atom. The molecule has 0 amide bonds. The molecule has 1 atom stereocenters. The predicted octanol–water partition coefficient (Wildman–Crippen LogP) is 1.45. The highest BCUT2D eigenvalue weighted by Crippen LogP contribution is 2.30. The zero-order valence-corrected chi connectivity index (χ0v) is 7.29.